The van der Waals surface area contributed by atoms with Crippen molar-refractivity contribution in [2.75, 3.05) is 11.9 Å². The minimum absolute atomic E-state index is 0.599. The van der Waals surface area contributed by atoms with Crippen LogP contribution >= 0.6 is 0 Å². The fourth-order valence-corrected chi connectivity index (χ4v) is 3.90. The summed E-state index contributed by atoms with van der Waals surface area (Å²) in [7, 11) is 2.21. The monoisotopic (exact) mass is 334 g/mol. The van der Waals surface area contributed by atoms with Gasteiger partial charge in [0.2, 0.25) is 5.89 Å². The van der Waals surface area contributed by atoms with Crippen LogP contribution < -0.4 is 4.90 Å². The molecule has 0 bridgehead atoms. The summed E-state index contributed by atoms with van der Waals surface area (Å²) < 4.78 is 6.09. The second-order valence-electron chi connectivity index (χ2n) is 7.18. The first-order valence-corrected chi connectivity index (χ1v) is 9.42. The lowest BCUT2D eigenvalue weighted by Gasteiger charge is -2.35. The molecule has 1 aromatic heterocycles. The topological polar surface area (TPSA) is 29.3 Å². The largest absolute Gasteiger partial charge is 0.436 e. The summed E-state index contributed by atoms with van der Waals surface area (Å²) in [5, 5.41) is 0. The minimum Gasteiger partial charge on any atom is -0.436 e. The van der Waals surface area contributed by atoms with E-state index in [1.807, 2.05) is 24.3 Å². The zero-order valence-electron chi connectivity index (χ0n) is 15.4. The van der Waals surface area contributed by atoms with Crippen LogP contribution in [0, 0.1) is 0 Å². The van der Waals surface area contributed by atoms with Gasteiger partial charge in [0.1, 0.15) is 5.52 Å². The molecule has 3 aromatic rings. The number of fused-ring (bicyclic) bond motifs is 2. The summed E-state index contributed by atoms with van der Waals surface area (Å²) in [4.78, 5) is 7.18. The summed E-state index contributed by atoms with van der Waals surface area (Å²) >= 11 is 0. The smallest absolute Gasteiger partial charge is 0.227 e. The molecule has 2 aromatic carbocycles. The van der Waals surface area contributed by atoms with Crippen LogP contribution in [-0.2, 0) is 12.8 Å². The van der Waals surface area contributed by atoms with Gasteiger partial charge in [0.05, 0.1) is 0 Å². The number of anilines is 1. The summed E-state index contributed by atoms with van der Waals surface area (Å²) in [6, 6.07) is 13.1. The minimum atomic E-state index is 0.599. The Bertz CT molecular complexity index is 863. The van der Waals surface area contributed by atoms with Gasteiger partial charge in [-0.15, -0.1) is 0 Å². The second-order valence-corrected chi connectivity index (χ2v) is 7.18. The third-order valence-corrected chi connectivity index (χ3v) is 5.56. The molecule has 0 radical (unpaired) electrons. The van der Waals surface area contributed by atoms with Crippen molar-refractivity contribution in [3.8, 4) is 11.5 Å². The van der Waals surface area contributed by atoms with E-state index in [1.165, 1.54) is 41.6 Å². The van der Waals surface area contributed by atoms with Gasteiger partial charge in [-0.25, -0.2) is 4.98 Å². The van der Waals surface area contributed by atoms with E-state index in [9.17, 15) is 0 Å². The van der Waals surface area contributed by atoms with Crippen LogP contribution in [0.15, 0.2) is 40.8 Å². The molecule has 3 heteroatoms. The first kappa shape index (κ1) is 16.2. The summed E-state index contributed by atoms with van der Waals surface area (Å²) in [6.07, 6.45) is 5.84. The molecule has 3 nitrogen and oxygen atoms in total. The van der Waals surface area contributed by atoms with Gasteiger partial charge in [-0.3, -0.25) is 0 Å². The number of benzene rings is 2. The van der Waals surface area contributed by atoms with Crippen molar-refractivity contribution in [1.29, 1.82) is 0 Å². The van der Waals surface area contributed by atoms with Crippen molar-refractivity contribution in [3.05, 3.63) is 47.5 Å². The zero-order valence-corrected chi connectivity index (χ0v) is 15.4. The van der Waals surface area contributed by atoms with Crippen LogP contribution in [0.3, 0.4) is 0 Å². The lowest BCUT2D eigenvalue weighted by atomic mass is 9.88. The van der Waals surface area contributed by atoms with Crippen LogP contribution in [0.4, 0.5) is 5.69 Å². The highest BCUT2D eigenvalue weighted by Gasteiger charge is 2.25. The van der Waals surface area contributed by atoms with Crippen LogP contribution in [0.5, 0.6) is 0 Å². The molecule has 130 valence electrons. The van der Waals surface area contributed by atoms with Crippen molar-refractivity contribution in [2.24, 2.45) is 0 Å². The van der Waals surface area contributed by atoms with E-state index < -0.39 is 0 Å². The average Bonchev–Trinajstić information content (AvgIpc) is 3.06. The van der Waals surface area contributed by atoms with Crippen molar-refractivity contribution in [1.82, 2.24) is 4.98 Å². The number of oxazole rings is 1. The van der Waals surface area contributed by atoms with Crippen molar-refractivity contribution < 1.29 is 4.42 Å². The van der Waals surface area contributed by atoms with Gasteiger partial charge in [0.25, 0.3) is 0 Å². The number of hydrogen-bond acceptors (Lipinski definition) is 3. The number of rotatable bonds is 4. The van der Waals surface area contributed by atoms with Crippen LogP contribution in [0.1, 0.15) is 44.2 Å². The number of aromatic nitrogens is 1. The molecular formula is C22H26N2O. The van der Waals surface area contributed by atoms with Crippen LogP contribution in [0.25, 0.3) is 22.6 Å². The SMILES string of the molecule is CCCCc1c(-c2nc3ccccc3o2)ccc2c1CCC(C)N2C. The molecule has 0 N–H and O–H groups in total. The maximum atomic E-state index is 6.09. The van der Waals surface area contributed by atoms with Crippen molar-refractivity contribution >= 4 is 16.8 Å². The van der Waals surface area contributed by atoms with Crippen LogP contribution in [0.2, 0.25) is 0 Å². The fraction of sp³-hybridized carbons (Fsp3) is 0.409. The standard InChI is InChI=1S/C22H26N2O/c1-4-5-8-16-17-12-11-15(2)24(3)20(17)14-13-18(16)22-23-19-9-6-7-10-21(19)25-22/h6-7,9-10,13-15H,4-5,8,11-12H2,1-3H3. The van der Waals surface area contributed by atoms with E-state index in [0.29, 0.717) is 6.04 Å². The Labute approximate surface area is 149 Å². The highest BCUT2D eigenvalue weighted by molar-refractivity contribution is 5.78. The first-order valence-electron chi connectivity index (χ1n) is 9.42. The number of hydrogen-bond donors (Lipinski definition) is 0. The normalized spacial score (nSPS) is 17.1. The highest BCUT2D eigenvalue weighted by atomic mass is 16.3. The first-order chi connectivity index (χ1) is 12.2. The Hall–Kier alpha value is -2.29. The van der Waals surface area contributed by atoms with E-state index in [2.05, 4.69) is 37.9 Å². The maximum absolute atomic E-state index is 6.09. The predicted molar refractivity (Wildman–Crippen MR) is 104 cm³/mol. The van der Waals surface area contributed by atoms with Gasteiger partial charge in [-0.05, 0) is 68.0 Å². The van der Waals surface area contributed by atoms with Crippen molar-refractivity contribution in [2.45, 2.75) is 52.0 Å². The Balaban J connectivity index is 1.86. The van der Waals surface area contributed by atoms with E-state index in [1.54, 1.807) is 0 Å². The molecule has 0 amide bonds. The molecule has 4 rings (SSSR count). The number of unbranched alkanes of at least 4 members (excludes halogenated alkanes) is 1. The van der Waals surface area contributed by atoms with E-state index in [-0.39, 0.29) is 0 Å². The molecule has 1 atom stereocenters. The molecule has 1 aliphatic heterocycles. The molecule has 0 spiro atoms. The van der Waals surface area contributed by atoms with Gasteiger partial charge in [-0.2, -0.15) is 0 Å². The number of nitrogens with zero attached hydrogens (tertiary/aromatic N) is 2. The van der Waals surface area contributed by atoms with E-state index in [4.69, 9.17) is 9.40 Å². The Morgan fingerprint density at radius 1 is 1.20 bits per heavy atom. The van der Waals surface area contributed by atoms with Gasteiger partial charge >= 0.3 is 0 Å². The molecule has 2 heterocycles. The summed E-state index contributed by atoms with van der Waals surface area (Å²) in [5.41, 5.74) is 7.28. The average molecular weight is 334 g/mol. The Morgan fingerprint density at radius 2 is 2.04 bits per heavy atom. The summed E-state index contributed by atoms with van der Waals surface area (Å²) in [5.74, 6) is 0.761. The quantitative estimate of drug-likeness (QED) is 0.621. The molecule has 1 aliphatic rings. The van der Waals surface area contributed by atoms with Gasteiger partial charge in [0, 0.05) is 24.3 Å². The van der Waals surface area contributed by atoms with Gasteiger partial charge in [0.15, 0.2) is 5.58 Å². The van der Waals surface area contributed by atoms with Gasteiger partial charge < -0.3 is 9.32 Å². The highest BCUT2D eigenvalue weighted by Crippen LogP contribution is 2.38. The Morgan fingerprint density at radius 3 is 2.84 bits per heavy atom. The molecule has 0 fully saturated rings. The predicted octanol–water partition coefficient (Wildman–Crippen LogP) is 5.61. The van der Waals surface area contributed by atoms with Crippen LogP contribution in [-0.4, -0.2) is 18.1 Å². The molecule has 0 saturated heterocycles. The zero-order chi connectivity index (χ0) is 17.4. The molecular weight excluding hydrogens is 308 g/mol. The second kappa shape index (κ2) is 6.55. The maximum Gasteiger partial charge on any atom is 0.227 e. The molecule has 25 heavy (non-hydrogen) atoms. The fourth-order valence-electron chi connectivity index (χ4n) is 3.90. The third kappa shape index (κ3) is 2.82. The van der Waals surface area contributed by atoms with E-state index >= 15 is 0 Å². The lowest BCUT2D eigenvalue weighted by Crippen LogP contribution is -2.34. The third-order valence-electron chi connectivity index (χ3n) is 5.56. The van der Waals surface area contributed by atoms with E-state index in [0.717, 1.165) is 29.8 Å². The lowest BCUT2D eigenvalue weighted by molar-refractivity contribution is 0.591. The summed E-state index contributed by atoms with van der Waals surface area (Å²) in [6.45, 7) is 4.56. The molecule has 1 unspecified atom stereocenters. The Kier molecular flexibility index (Phi) is 4.24. The molecule has 0 aliphatic carbocycles. The molecule has 0 saturated carbocycles. The van der Waals surface area contributed by atoms with Gasteiger partial charge in [-0.1, -0.05) is 25.5 Å². The van der Waals surface area contributed by atoms with Crippen molar-refractivity contribution in [3.63, 3.8) is 0 Å². The number of para-hydroxylation sites is 2.